The first-order valence-corrected chi connectivity index (χ1v) is 14.0. The number of allylic oxidation sites excluding steroid dienone is 4. The van der Waals surface area contributed by atoms with Gasteiger partial charge in [0.05, 0.1) is 10.2 Å². The van der Waals surface area contributed by atoms with Crippen LogP contribution in [0.1, 0.15) is 62.5 Å². The molecule has 2 aromatic carbocycles. The maximum Gasteiger partial charge on any atom is 0.174 e. The molecule has 0 unspecified atom stereocenters. The number of dihydropyridines is 1. The van der Waals surface area contributed by atoms with E-state index in [2.05, 4.69) is 27.9 Å². The van der Waals surface area contributed by atoms with Crippen LogP contribution < -0.4 is 14.8 Å². The Hall–Kier alpha value is -2.03. The van der Waals surface area contributed by atoms with Gasteiger partial charge in [0.25, 0.3) is 0 Å². The Labute approximate surface area is 234 Å². The predicted octanol–water partition coefficient (Wildman–Crippen LogP) is 7.28. The van der Waals surface area contributed by atoms with Gasteiger partial charge in [0.15, 0.2) is 23.1 Å². The molecule has 0 bridgehead atoms. The summed E-state index contributed by atoms with van der Waals surface area (Å²) in [6, 6.07) is 9.25. The Balaban J connectivity index is 1.57. The molecule has 8 heteroatoms. The molecule has 5 nitrogen and oxygen atoms in total. The van der Waals surface area contributed by atoms with Crippen molar-refractivity contribution in [2.75, 3.05) is 6.61 Å². The summed E-state index contributed by atoms with van der Waals surface area (Å²) in [6.07, 6.45) is 4.31. The van der Waals surface area contributed by atoms with E-state index < -0.39 is 0 Å². The minimum Gasteiger partial charge on any atom is -0.490 e. The number of ether oxygens (including phenoxy) is 2. The van der Waals surface area contributed by atoms with Gasteiger partial charge >= 0.3 is 0 Å². The Bertz CT molecular complexity index is 1270. The fraction of sp³-hybridized carbons (Fsp3) is 0.357. The summed E-state index contributed by atoms with van der Waals surface area (Å²) in [5.41, 5.74) is 5.09. The van der Waals surface area contributed by atoms with Gasteiger partial charge in [-0.15, -0.1) is 0 Å². The normalized spacial score (nSPS) is 18.1. The van der Waals surface area contributed by atoms with Gasteiger partial charge in [0, 0.05) is 56.9 Å². The second-order valence-electron chi connectivity index (χ2n) is 9.18. The summed E-state index contributed by atoms with van der Waals surface area (Å²) in [4.78, 5) is 26.3. The summed E-state index contributed by atoms with van der Waals surface area (Å²) in [6.45, 7) is 2.62. The molecule has 0 amide bonds. The maximum absolute atomic E-state index is 13.2. The number of carbonyl (C=O) groups is 2. The Kier molecular flexibility index (Phi) is 7.65. The van der Waals surface area contributed by atoms with Crippen molar-refractivity contribution in [3.8, 4) is 11.5 Å². The van der Waals surface area contributed by atoms with Crippen LogP contribution in [0.5, 0.6) is 11.5 Å². The second-order valence-corrected chi connectivity index (χ2v) is 11.2. The zero-order valence-electron chi connectivity index (χ0n) is 19.9. The van der Waals surface area contributed by atoms with E-state index in [9.17, 15) is 9.59 Å². The lowest BCUT2D eigenvalue weighted by molar-refractivity contribution is -0.116. The zero-order chi connectivity index (χ0) is 25.4. The van der Waals surface area contributed by atoms with E-state index in [0.717, 1.165) is 62.9 Å². The highest BCUT2D eigenvalue weighted by atomic mass is 127. The monoisotopic (exact) mass is 637 g/mol. The average Bonchev–Trinajstić information content (AvgIpc) is 2.84. The summed E-state index contributed by atoms with van der Waals surface area (Å²) < 4.78 is 13.0. The molecule has 0 saturated carbocycles. The molecule has 0 spiro atoms. The topological polar surface area (TPSA) is 64.6 Å². The van der Waals surface area contributed by atoms with Gasteiger partial charge in [-0.1, -0.05) is 29.3 Å². The SMILES string of the molecule is CCOc1cc(C2C3=C(CCCC3=O)NC3=C2C(=O)CCC3)cc(I)c1OCc1ccc(Cl)cc1Cl. The van der Waals surface area contributed by atoms with Crippen LogP contribution in [0.15, 0.2) is 52.9 Å². The Morgan fingerprint density at radius 2 is 1.61 bits per heavy atom. The molecule has 0 fully saturated rings. The third-order valence-electron chi connectivity index (χ3n) is 6.84. The lowest BCUT2D eigenvalue weighted by Gasteiger charge is -2.37. The third-order valence-corrected chi connectivity index (χ3v) is 8.23. The van der Waals surface area contributed by atoms with Crippen molar-refractivity contribution in [3.63, 3.8) is 0 Å². The molecule has 1 heterocycles. The zero-order valence-corrected chi connectivity index (χ0v) is 23.6. The number of ketones is 2. The number of hydrogen-bond donors (Lipinski definition) is 1. The van der Waals surface area contributed by atoms with Crippen LogP contribution in [-0.2, 0) is 16.2 Å². The Morgan fingerprint density at radius 3 is 2.22 bits per heavy atom. The lowest BCUT2D eigenvalue weighted by Crippen LogP contribution is -2.36. The molecule has 188 valence electrons. The quantitative estimate of drug-likeness (QED) is 0.337. The van der Waals surface area contributed by atoms with Crippen LogP contribution >= 0.6 is 45.8 Å². The molecule has 0 saturated heterocycles. The maximum atomic E-state index is 13.2. The van der Waals surface area contributed by atoms with Crippen molar-refractivity contribution >= 4 is 57.4 Å². The van der Waals surface area contributed by atoms with E-state index in [0.29, 0.717) is 41.0 Å². The molecule has 0 atom stereocenters. The molecule has 2 aromatic rings. The van der Waals surface area contributed by atoms with E-state index in [1.807, 2.05) is 25.1 Å². The van der Waals surface area contributed by atoms with Gasteiger partial charge in [-0.3, -0.25) is 9.59 Å². The van der Waals surface area contributed by atoms with Crippen molar-refractivity contribution in [2.45, 2.75) is 58.0 Å². The van der Waals surface area contributed by atoms with Gasteiger partial charge in [-0.25, -0.2) is 0 Å². The lowest BCUT2D eigenvalue weighted by atomic mass is 9.71. The van der Waals surface area contributed by atoms with Crippen molar-refractivity contribution < 1.29 is 19.1 Å². The van der Waals surface area contributed by atoms with Crippen molar-refractivity contribution in [3.05, 3.63) is 77.6 Å². The molecule has 5 rings (SSSR count). The number of hydrogen-bond acceptors (Lipinski definition) is 5. The summed E-state index contributed by atoms with van der Waals surface area (Å²) in [7, 11) is 0. The van der Waals surface area contributed by atoms with Gasteiger partial charge < -0.3 is 14.8 Å². The average molecular weight is 638 g/mol. The smallest absolute Gasteiger partial charge is 0.174 e. The molecule has 2 aliphatic carbocycles. The number of halogens is 3. The summed E-state index contributed by atoms with van der Waals surface area (Å²) in [5, 5.41) is 4.57. The fourth-order valence-corrected chi connectivity index (χ4v) is 6.51. The van der Waals surface area contributed by atoms with Gasteiger partial charge in [0.1, 0.15) is 6.61 Å². The van der Waals surface area contributed by atoms with Crippen LogP contribution in [0.4, 0.5) is 0 Å². The number of rotatable bonds is 6. The van der Waals surface area contributed by atoms with Crippen molar-refractivity contribution in [1.82, 2.24) is 5.32 Å². The number of nitrogens with one attached hydrogen (secondary N) is 1. The van der Waals surface area contributed by atoms with Gasteiger partial charge in [-0.2, -0.15) is 0 Å². The van der Waals surface area contributed by atoms with Crippen LogP contribution in [-0.4, -0.2) is 18.2 Å². The second kappa shape index (κ2) is 10.8. The molecule has 1 aliphatic heterocycles. The number of benzene rings is 2. The fourth-order valence-electron chi connectivity index (χ4n) is 5.26. The third kappa shape index (κ3) is 4.92. The minimum absolute atomic E-state index is 0.115. The molecule has 3 aliphatic rings. The first kappa shape index (κ1) is 25.6. The first-order valence-electron chi connectivity index (χ1n) is 12.2. The van der Waals surface area contributed by atoms with E-state index in [4.69, 9.17) is 32.7 Å². The first-order chi connectivity index (χ1) is 17.4. The molecule has 1 N–H and O–H groups in total. The van der Waals surface area contributed by atoms with Crippen LogP contribution in [0.25, 0.3) is 0 Å². The highest BCUT2D eigenvalue weighted by molar-refractivity contribution is 14.1. The Morgan fingerprint density at radius 1 is 0.944 bits per heavy atom. The van der Waals surface area contributed by atoms with E-state index >= 15 is 0 Å². The number of Topliss-reactive ketones (excluding diaryl/α,β-unsaturated/α-hetero) is 2. The molecule has 0 aromatic heterocycles. The number of carbonyl (C=O) groups excluding carboxylic acids is 2. The van der Waals surface area contributed by atoms with Crippen LogP contribution in [0.2, 0.25) is 10.0 Å². The van der Waals surface area contributed by atoms with Gasteiger partial charge in [0.2, 0.25) is 0 Å². The van der Waals surface area contributed by atoms with Crippen LogP contribution in [0, 0.1) is 3.57 Å². The van der Waals surface area contributed by atoms with Crippen LogP contribution in [0.3, 0.4) is 0 Å². The van der Waals surface area contributed by atoms with E-state index in [1.54, 1.807) is 12.1 Å². The molecular weight excluding hydrogens is 612 g/mol. The minimum atomic E-state index is -0.385. The largest absolute Gasteiger partial charge is 0.490 e. The summed E-state index contributed by atoms with van der Waals surface area (Å²) >= 11 is 14.6. The van der Waals surface area contributed by atoms with Crippen molar-refractivity contribution in [2.24, 2.45) is 0 Å². The van der Waals surface area contributed by atoms with Gasteiger partial charge in [-0.05, 0) is 85.0 Å². The standard InChI is InChI=1S/C28H26Cl2INO4/c1-2-35-24-12-16(11-19(31)28(24)36-14-15-9-10-17(29)13-18(15)30)25-26-20(5-3-7-22(26)33)32-21-6-4-8-23(34)27(21)25/h9-13,25,32H,2-8,14H2,1H3. The summed E-state index contributed by atoms with van der Waals surface area (Å²) in [5.74, 6) is 1.03. The predicted molar refractivity (Wildman–Crippen MR) is 149 cm³/mol. The molecular formula is C28H26Cl2INO4. The highest BCUT2D eigenvalue weighted by Gasteiger charge is 2.40. The van der Waals surface area contributed by atoms with E-state index in [1.165, 1.54) is 0 Å². The molecule has 0 radical (unpaired) electrons. The van der Waals surface area contributed by atoms with Crippen molar-refractivity contribution in [1.29, 1.82) is 0 Å². The van der Waals surface area contributed by atoms with E-state index in [-0.39, 0.29) is 24.1 Å². The molecule has 36 heavy (non-hydrogen) atoms. The highest BCUT2D eigenvalue weighted by Crippen LogP contribution is 2.47.